The quantitative estimate of drug-likeness (QED) is 0.223. The lowest BCUT2D eigenvalue weighted by Crippen LogP contribution is -2.61. The predicted octanol–water partition coefficient (Wildman–Crippen LogP) is 4.96. The Morgan fingerprint density at radius 1 is 0.591 bits per heavy atom. The number of hydrogen-bond donors (Lipinski definition) is 2. The third-order valence-electron chi connectivity index (χ3n) is 9.56. The summed E-state index contributed by atoms with van der Waals surface area (Å²) in [5.41, 5.74) is -4.35. The second-order valence-corrected chi connectivity index (χ2v) is 17.0. The van der Waals surface area contributed by atoms with Gasteiger partial charge in [0.1, 0.15) is 18.3 Å². The first-order chi connectivity index (χ1) is 19.7. The lowest BCUT2D eigenvalue weighted by molar-refractivity contribution is -0.261. The molecule has 12 heteroatoms. The molecule has 0 radical (unpaired) electrons. The van der Waals surface area contributed by atoms with Crippen LogP contribution in [0, 0.1) is 11.1 Å². The molecule has 0 amide bonds. The van der Waals surface area contributed by atoms with Crippen molar-refractivity contribution < 1.29 is 39.0 Å². The Labute approximate surface area is 262 Å². The van der Waals surface area contributed by atoms with Crippen LogP contribution in [0.3, 0.4) is 0 Å². The molecular formula is C32H56N3O9-. The number of esters is 3. The van der Waals surface area contributed by atoms with Crippen LogP contribution in [0.2, 0.25) is 0 Å². The van der Waals surface area contributed by atoms with Gasteiger partial charge in [-0.05, 0) is 83.1 Å². The Bertz CT molecular complexity index is 991. The second-order valence-electron chi connectivity index (χ2n) is 17.0. The zero-order chi connectivity index (χ0) is 33.8. The van der Waals surface area contributed by atoms with Crippen LogP contribution in [0.4, 0.5) is 0 Å². The van der Waals surface area contributed by atoms with E-state index < -0.39 is 81.8 Å². The van der Waals surface area contributed by atoms with Crippen molar-refractivity contribution in [3.05, 3.63) is 5.21 Å². The van der Waals surface area contributed by atoms with Crippen LogP contribution in [-0.2, 0) is 28.6 Å². The average Bonchev–Trinajstić information content (AvgIpc) is 2.81. The molecular weight excluding hydrogens is 570 g/mol. The molecule has 0 saturated carbocycles. The Balaban J connectivity index is 1.81. The van der Waals surface area contributed by atoms with E-state index >= 15 is 0 Å². The van der Waals surface area contributed by atoms with Crippen LogP contribution in [0.15, 0.2) is 0 Å². The molecule has 44 heavy (non-hydrogen) atoms. The summed E-state index contributed by atoms with van der Waals surface area (Å²) in [5, 5.41) is 37.7. The Kier molecular flexibility index (Phi) is 10.1. The van der Waals surface area contributed by atoms with E-state index in [0.717, 1.165) is 5.06 Å². The Morgan fingerprint density at radius 2 is 0.864 bits per heavy atom. The smallest absolute Gasteiger partial charge is 0.321 e. The van der Waals surface area contributed by atoms with Crippen LogP contribution < -0.4 is 0 Å². The highest BCUT2D eigenvalue weighted by Crippen LogP contribution is 2.41. The third kappa shape index (κ3) is 7.93. The summed E-state index contributed by atoms with van der Waals surface area (Å²) in [5.74, 6) is -4.09. The number of piperidine rings is 3. The van der Waals surface area contributed by atoms with Crippen molar-refractivity contribution in [1.29, 1.82) is 0 Å². The molecule has 0 spiro atoms. The van der Waals surface area contributed by atoms with E-state index in [1.54, 1.807) is 27.7 Å². The van der Waals surface area contributed by atoms with Crippen LogP contribution in [0.25, 0.3) is 0 Å². The zero-order valence-electron chi connectivity index (χ0n) is 28.9. The van der Waals surface area contributed by atoms with Gasteiger partial charge in [-0.3, -0.25) is 14.4 Å². The highest BCUT2D eigenvalue weighted by Gasteiger charge is 2.50. The van der Waals surface area contributed by atoms with E-state index in [-0.39, 0.29) is 0 Å². The molecule has 3 fully saturated rings. The van der Waals surface area contributed by atoms with Crippen molar-refractivity contribution in [2.75, 3.05) is 0 Å². The first-order valence-electron chi connectivity index (χ1n) is 15.8. The number of nitrogens with zero attached hydrogens (tertiary/aromatic N) is 3. The Hall–Kier alpha value is -1.83. The first-order valence-corrected chi connectivity index (χ1v) is 15.8. The van der Waals surface area contributed by atoms with Crippen LogP contribution in [0.1, 0.15) is 128 Å². The molecule has 3 saturated heterocycles. The van der Waals surface area contributed by atoms with Gasteiger partial charge >= 0.3 is 17.9 Å². The molecule has 0 aliphatic carbocycles. The molecule has 0 aromatic rings. The van der Waals surface area contributed by atoms with Crippen molar-refractivity contribution in [1.82, 2.24) is 15.2 Å². The van der Waals surface area contributed by atoms with Gasteiger partial charge in [0.2, 0.25) is 0 Å². The molecule has 3 aliphatic heterocycles. The predicted molar refractivity (Wildman–Crippen MR) is 162 cm³/mol. The molecule has 254 valence electrons. The number of ether oxygens (including phenoxy) is 3. The van der Waals surface area contributed by atoms with Crippen molar-refractivity contribution in [3.8, 4) is 0 Å². The fourth-order valence-electron chi connectivity index (χ4n) is 7.94. The summed E-state index contributed by atoms with van der Waals surface area (Å²) in [4.78, 5) is 40.7. The Morgan fingerprint density at radius 3 is 1.18 bits per heavy atom. The summed E-state index contributed by atoms with van der Waals surface area (Å²) >= 11 is 0. The second kappa shape index (κ2) is 12.1. The van der Waals surface area contributed by atoms with Crippen LogP contribution in [-0.4, -0.2) is 95.1 Å². The van der Waals surface area contributed by atoms with E-state index in [4.69, 9.17) is 14.2 Å². The highest BCUT2D eigenvalue weighted by molar-refractivity contribution is 5.98. The van der Waals surface area contributed by atoms with Gasteiger partial charge < -0.3 is 34.9 Å². The largest absolute Gasteiger partial charge is 0.784 e. The maximum absolute atomic E-state index is 13.7. The van der Waals surface area contributed by atoms with E-state index in [0.29, 0.717) is 38.5 Å². The van der Waals surface area contributed by atoms with Gasteiger partial charge in [0.05, 0.1) is 6.42 Å². The van der Waals surface area contributed by atoms with Gasteiger partial charge in [0.25, 0.3) is 0 Å². The standard InChI is InChI=1S/C32H56N3O9/c1-27(2)14-20(15-28(3,4)33(27)39)42-24(36)13-23(25(37)43-21-16-29(5,6)34(40)30(7,8)17-21)26(38)44-22-18-31(9,10)35(41)32(11,12)19-22/h20-23,40-41H,13-19H2,1-12H3/q-1. The number of carbonyl (C=O) groups excluding carboxylic acids is 3. The topological polar surface area (TPSA) is 152 Å². The molecule has 12 nitrogen and oxygen atoms in total. The fraction of sp³-hybridized carbons (Fsp3) is 0.906. The van der Waals surface area contributed by atoms with Gasteiger partial charge in [-0.2, -0.15) is 10.1 Å². The van der Waals surface area contributed by atoms with Gasteiger partial charge in [-0.15, -0.1) is 0 Å². The number of hydrogen-bond acceptors (Lipinski definition) is 12. The molecule has 3 heterocycles. The highest BCUT2D eigenvalue weighted by atomic mass is 16.6. The summed E-state index contributed by atoms with van der Waals surface area (Å²) < 4.78 is 17.5. The minimum Gasteiger partial charge on any atom is -0.784 e. The third-order valence-corrected chi connectivity index (χ3v) is 9.56. The van der Waals surface area contributed by atoms with E-state index in [1.165, 1.54) is 10.1 Å². The lowest BCUT2D eigenvalue weighted by Gasteiger charge is -2.59. The summed E-state index contributed by atoms with van der Waals surface area (Å²) in [6, 6.07) is 0. The van der Waals surface area contributed by atoms with Gasteiger partial charge in [-0.1, -0.05) is 0 Å². The molecule has 3 rings (SSSR count). The minimum absolute atomic E-state index is 0.305. The van der Waals surface area contributed by atoms with Gasteiger partial charge in [0, 0.05) is 71.8 Å². The molecule has 0 unspecified atom stereocenters. The maximum atomic E-state index is 13.7. The minimum atomic E-state index is -1.57. The maximum Gasteiger partial charge on any atom is 0.321 e. The van der Waals surface area contributed by atoms with Crippen LogP contribution >= 0.6 is 0 Å². The number of hydroxylamine groups is 6. The fourth-order valence-corrected chi connectivity index (χ4v) is 7.94. The van der Waals surface area contributed by atoms with Gasteiger partial charge in [-0.25, -0.2) is 0 Å². The molecule has 3 aliphatic rings. The van der Waals surface area contributed by atoms with Crippen molar-refractivity contribution >= 4 is 17.9 Å². The van der Waals surface area contributed by atoms with Crippen LogP contribution in [0.5, 0.6) is 0 Å². The monoisotopic (exact) mass is 626 g/mol. The summed E-state index contributed by atoms with van der Waals surface area (Å²) in [6.45, 7) is 21.9. The van der Waals surface area contributed by atoms with Crippen molar-refractivity contribution in [2.45, 2.75) is 180 Å². The lowest BCUT2D eigenvalue weighted by atomic mass is 9.80. The molecule has 2 N–H and O–H groups in total. The first kappa shape index (κ1) is 36.6. The molecule has 0 atom stereocenters. The molecule has 0 bridgehead atoms. The SMILES string of the molecule is CC1(C)CC(OC(=O)CC(C(=O)OC2CC(C)(C)N(O)C(C)(C)C2)C(=O)OC2CC(C)(C)N(O)C(C)(C)C2)CC(C)(C)N1[O-]. The van der Waals surface area contributed by atoms with E-state index in [9.17, 15) is 30.0 Å². The number of rotatable bonds is 7. The molecule has 0 aromatic carbocycles. The van der Waals surface area contributed by atoms with Gasteiger partial charge in [0.15, 0.2) is 5.92 Å². The van der Waals surface area contributed by atoms with Crippen molar-refractivity contribution in [3.63, 3.8) is 0 Å². The van der Waals surface area contributed by atoms with E-state index in [1.807, 2.05) is 55.4 Å². The number of carbonyl (C=O) groups is 3. The van der Waals surface area contributed by atoms with Crippen molar-refractivity contribution in [2.24, 2.45) is 5.92 Å². The summed E-state index contributed by atoms with van der Waals surface area (Å²) in [7, 11) is 0. The molecule has 0 aromatic heterocycles. The van der Waals surface area contributed by atoms with E-state index in [2.05, 4.69) is 0 Å². The summed E-state index contributed by atoms with van der Waals surface area (Å²) in [6.07, 6.45) is -0.482. The average molecular weight is 627 g/mol. The normalized spacial score (nSPS) is 27.5. The zero-order valence-corrected chi connectivity index (χ0v) is 28.9.